The molecule has 28 heavy (non-hydrogen) atoms. The summed E-state index contributed by atoms with van der Waals surface area (Å²) in [6.07, 6.45) is 1.70. The lowest BCUT2D eigenvalue weighted by Gasteiger charge is -2.09. The van der Waals surface area contributed by atoms with Crippen LogP contribution >= 0.6 is 0 Å². The number of hydrogen-bond donors (Lipinski definition) is 4. The van der Waals surface area contributed by atoms with E-state index in [0.29, 0.717) is 22.6 Å². The van der Waals surface area contributed by atoms with Crippen molar-refractivity contribution in [3.63, 3.8) is 0 Å². The van der Waals surface area contributed by atoms with Crippen molar-refractivity contribution in [2.75, 3.05) is 16.0 Å². The van der Waals surface area contributed by atoms with E-state index in [0.717, 1.165) is 10.9 Å². The number of carbonyl (C=O) groups is 2. The molecule has 0 aliphatic heterocycles. The van der Waals surface area contributed by atoms with Crippen molar-refractivity contribution in [2.45, 2.75) is 0 Å². The van der Waals surface area contributed by atoms with Crippen LogP contribution in [0.2, 0.25) is 0 Å². The highest BCUT2D eigenvalue weighted by Crippen LogP contribution is 2.21. The summed E-state index contributed by atoms with van der Waals surface area (Å²) >= 11 is 0. The molecule has 0 saturated heterocycles. The zero-order valence-corrected chi connectivity index (χ0v) is 14.8. The third-order valence-electron chi connectivity index (χ3n) is 4.16. The SMILES string of the molecule is O=C(Nc1ccccc1)Nc1ccc(C(=O)Nc2cccc3cn[nH]c23)cc1. The van der Waals surface area contributed by atoms with E-state index in [9.17, 15) is 9.59 Å². The first kappa shape index (κ1) is 17.3. The van der Waals surface area contributed by atoms with E-state index >= 15 is 0 Å². The van der Waals surface area contributed by atoms with Gasteiger partial charge in [-0.25, -0.2) is 4.79 Å². The van der Waals surface area contributed by atoms with Crippen LogP contribution in [0.3, 0.4) is 0 Å². The normalized spacial score (nSPS) is 10.4. The maximum absolute atomic E-state index is 12.5. The van der Waals surface area contributed by atoms with Crippen LogP contribution in [0.15, 0.2) is 79.0 Å². The first-order chi connectivity index (χ1) is 13.7. The molecule has 4 aromatic rings. The van der Waals surface area contributed by atoms with Gasteiger partial charge >= 0.3 is 6.03 Å². The van der Waals surface area contributed by atoms with E-state index in [1.54, 1.807) is 42.6 Å². The van der Waals surface area contributed by atoms with Gasteiger partial charge in [0.15, 0.2) is 0 Å². The number of aromatic amines is 1. The highest BCUT2D eigenvalue weighted by molar-refractivity contribution is 6.08. The average Bonchev–Trinajstić information content (AvgIpc) is 3.19. The smallest absolute Gasteiger partial charge is 0.320 e. The van der Waals surface area contributed by atoms with Gasteiger partial charge in [0.05, 0.1) is 17.4 Å². The van der Waals surface area contributed by atoms with E-state index in [1.165, 1.54) is 0 Å². The molecule has 0 saturated carbocycles. The second kappa shape index (κ2) is 7.63. The minimum Gasteiger partial charge on any atom is -0.320 e. The number of anilines is 3. The predicted octanol–water partition coefficient (Wildman–Crippen LogP) is 4.46. The fourth-order valence-electron chi connectivity index (χ4n) is 2.79. The van der Waals surface area contributed by atoms with Crippen LogP contribution in [-0.2, 0) is 0 Å². The van der Waals surface area contributed by atoms with Gasteiger partial charge in [-0.15, -0.1) is 0 Å². The largest absolute Gasteiger partial charge is 0.323 e. The quantitative estimate of drug-likeness (QED) is 0.426. The van der Waals surface area contributed by atoms with Gasteiger partial charge in [0.2, 0.25) is 0 Å². The number of carbonyl (C=O) groups excluding carboxylic acids is 2. The number of para-hydroxylation sites is 2. The number of aromatic nitrogens is 2. The Hall–Kier alpha value is -4.13. The van der Waals surface area contributed by atoms with Crippen LogP contribution in [0.4, 0.5) is 21.9 Å². The maximum atomic E-state index is 12.5. The fourth-order valence-corrected chi connectivity index (χ4v) is 2.79. The molecular weight excluding hydrogens is 354 g/mol. The van der Waals surface area contributed by atoms with Crippen molar-refractivity contribution in [1.29, 1.82) is 0 Å². The number of hydrogen-bond acceptors (Lipinski definition) is 3. The molecule has 0 spiro atoms. The van der Waals surface area contributed by atoms with Gasteiger partial charge in [0, 0.05) is 22.3 Å². The Balaban J connectivity index is 1.40. The molecule has 1 aromatic heterocycles. The third kappa shape index (κ3) is 3.83. The lowest BCUT2D eigenvalue weighted by atomic mass is 10.1. The molecular formula is C21H17N5O2. The van der Waals surface area contributed by atoms with Crippen molar-refractivity contribution >= 4 is 39.9 Å². The Bertz CT molecular complexity index is 1120. The van der Waals surface area contributed by atoms with Crippen molar-refractivity contribution in [1.82, 2.24) is 10.2 Å². The highest BCUT2D eigenvalue weighted by atomic mass is 16.2. The molecule has 7 heteroatoms. The molecule has 0 bridgehead atoms. The second-order valence-electron chi connectivity index (χ2n) is 6.12. The van der Waals surface area contributed by atoms with Crippen molar-refractivity contribution in [2.24, 2.45) is 0 Å². The second-order valence-corrected chi connectivity index (χ2v) is 6.12. The summed E-state index contributed by atoms with van der Waals surface area (Å²) in [7, 11) is 0. The van der Waals surface area contributed by atoms with Gasteiger partial charge in [0.25, 0.3) is 5.91 Å². The molecule has 3 aromatic carbocycles. The standard InChI is InChI=1S/C21H17N5O2/c27-20(25-18-8-4-5-15-13-22-26-19(15)18)14-9-11-17(12-10-14)24-21(28)23-16-6-2-1-3-7-16/h1-13H,(H,22,26)(H,25,27)(H2,23,24,28). The predicted molar refractivity (Wildman–Crippen MR) is 110 cm³/mol. The molecule has 0 aliphatic rings. The number of urea groups is 1. The fraction of sp³-hybridized carbons (Fsp3) is 0. The Labute approximate surface area is 160 Å². The first-order valence-electron chi connectivity index (χ1n) is 8.65. The van der Waals surface area contributed by atoms with Gasteiger partial charge in [-0.05, 0) is 42.5 Å². The number of nitrogens with zero attached hydrogens (tertiary/aromatic N) is 1. The van der Waals surface area contributed by atoms with E-state index in [4.69, 9.17) is 0 Å². The minimum absolute atomic E-state index is 0.248. The van der Waals surface area contributed by atoms with E-state index in [2.05, 4.69) is 26.1 Å². The number of fused-ring (bicyclic) bond motifs is 1. The van der Waals surface area contributed by atoms with Crippen molar-refractivity contribution in [3.8, 4) is 0 Å². The number of rotatable bonds is 4. The summed E-state index contributed by atoms with van der Waals surface area (Å²) in [4.78, 5) is 24.5. The Morgan fingerprint density at radius 3 is 2.21 bits per heavy atom. The Morgan fingerprint density at radius 2 is 1.46 bits per heavy atom. The Morgan fingerprint density at radius 1 is 0.750 bits per heavy atom. The summed E-state index contributed by atoms with van der Waals surface area (Å²) in [6, 6.07) is 21.0. The molecule has 0 fully saturated rings. The first-order valence-corrected chi connectivity index (χ1v) is 8.65. The van der Waals surface area contributed by atoms with Gasteiger partial charge in [0.1, 0.15) is 0 Å². The summed E-state index contributed by atoms with van der Waals surface area (Å²) in [5.74, 6) is -0.248. The van der Waals surface area contributed by atoms with Gasteiger partial charge in [-0.1, -0.05) is 30.3 Å². The van der Waals surface area contributed by atoms with Crippen LogP contribution in [0.1, 0.15) is 10.4 Å². The van der Waals surface area contributed by atoms with Crippen LogP contribution in [0.25, 0.3) is 10.9 Å². The topological polar surface area (TPSA) is 98.9 Å². The van der Waals surface area contributed by atoms with Gasteiger partial charge in [-0.2, -0.15) is 5.10 Å². The van der Waals surface area contributed by atoms with E-state index < -0.39 is 0 Å². The molecule has 4 N–H and O–H groups in total. The summed E-state index contributed by atoms with van der Waals surface area (Å²) in [5, 5.41) is 16.1. The van der Waals surface area contributed by atoms with Crippen LogP contribution < -0.4 is 16.0 Å². The lowest BCUT2D eigenvalue weighted by molar-refractivity contribution is 0.102. The zero-order chi connectivity index (χ0) is 19.3. The summed E-state index contributed by atoms with van der Waals surface area (Å²) in [6.45, 7) is 0. The lowest BCUT2D eigenvalue weighted by Crippen LogP contribution is -2.19. The van der Waals surface area contributed by atoms with Gasteiger partial charge in [-0.3, -0.25) is 9.89 Å². The molecule has 4 rings (SSSR count). The van der Waals surface area contributed by atoms with Crippen molar-refractivity contribution in [3.05, 3.63) is 84.6 Å². The number of benzene rings is 3. The van der Waals surface area contributed by atoms with Crippen LogP contribution in [0.5, 0.6) is 0 Å². The van der Waals surface area contributed by atoms with E-state index in [1.807, 2.05) is 36.4 Å². The Kier molecular flexibility index (Phi) is 4.71. The van der Waals surface area contributed by atoms with Crippen LogP contribution in [-0.4, -0.2) is 22.1 Å². The molecule has 138 valence electrons. The monoisotopic (exact) mass is 371 g/mol. The molecule has 0 aliphatic carbocycles. The molecule has 0 unspecified atom stereocenters. The number of nitrogens with one attached hydrogen (secondary N) is 4. The van der Waals surface area contributed by atoms with Gasteiger partial charge < -0.3 is 16.0 Å². The summed E-state index contributed by atoms with van der Waals surface area (Å²) in [5.41, 5.74) is 3.19. The minimum atomic E-state index is -0.352. The highest BCUT2D eigenvalue weighted by Gasteiger charge is 2.10. The molecule has 0 radical (unpaired) electrons. The molecule has 1 heterocycles. The number of H-pyrrole nitrogens is 1. The number of amides is 3. The van der Waals surface area contributed by atoms with E-state index in [-0.39, 0.29) is 11.9 Å². The molecule has 0 atom stereocenters. The summed E-state index contributed by atoms with van der Waals surface area (Å²) < 4.78 is 0. The zero-order valence-electron chi connectivity index (χ0n) is 14.8. The third-order valence-corrected chi connectivity index (χ3v) is 4.16. The van der Waals surface area contributed by atoms with Crippen LogP contribution in [0, 0.1) is 0 Å². The molecule has 7 nitrogen and oxygen atoms in total. The molecule has 3 amide bonds. The van der Waals surface area contributed by atoms with Crippen molar-refractivity contribution < 1.29 is 9.59 Å². The average molecular weight is 371 g/mol. The maximum Gasteiger partial charge on any atom is 0.323 e.